The van der Waals surface area contributed by atoms with E-state index in [1.165, 1.54) is 19.3 Å². The summed E-state index contributed by atoms with van der Waals surface area (Å²) in [5.41, 5.74) is -0.172. The molecule has 5 aliphatic rings. The van der Waals surface area contributed by atoms with E-state index in [1.54, 1.807) is 4.90 Å². The number of nitrogens with one attached hydrogen (secondary N) is 2. The van der Waals surface area contributed by atoms with Gasteiger partial charge in [0.2, 0.25) is 11.8 Å². The molecule has 2 aliphatic carbocycles. The van der Waals surface area contributed by atoms with Crippen LogP contribution in [0.1, 0.15) is 44.9 Å². The number of hydrogen-bond donors (Lipinski definition) is 2. The predicted octanol–water partition coefficient (Wildman–Crippen LogP) is 0.603. The molecule has 2 amide bonds. The number of carbonyl (C=O) groups is 2. The van der Waals surface area contributed by atoms with Gasteiger partial charge < -0.3 is 10.2 Å². The van der Waals surface area contributed by atoms with Crippen LogP contribution in [0.5, 0.6) is 0 Å². The van der Waals surface area contributed by atoms with Crippen molar-refractivity contribution in [3.05, 3.63) is 0 Å². The molecule has 0 aromatic carbocycles. The monoisotopic (exact) mass is 277 g/mol. The lowest BCUT2D eigenvalue weighted by Crippen LogP contribution is -2.71. The smallest absolute Gasteiger partial charge is 0.241 e. The van der Waals surface area contributed by atoms with Crippen LogP contribution in [-0.2, 0) is 9.59 Å². The lowest BCUT2D eigenvalue weighted by molar-refractivity contribution is -0.135. The third-order valence-corrected chi connectivity index (χ3v) is 5.54. The number of nitrogens with zero attached hydrogens (tertiary/aromatic N) is 1. The molecule has 5 fully saturated rings. The van der Waals surface area contributed by atoms with Crippen LogP contribution in [0, 0.1) is 11.8 Å². The summed E-state index contributed by atoms with van der Waals surface area (Å²) in [7, 11) is 0. The van der Waals surface area contributed by atoms with Gasteiger partial charge in [0.1, 0.15) is 0 Å². The molecule has 5 heteroatoms. The third kappa shape index (κ3) is 2.12. The molecule has 2 N–H and O–H groups in total. The van der Waals surface area contributed by atoms with Crippen molar-refractivity contribution in [1.82, 2.24) is 15.5 Å². The van der Waals surface area contributed by atoms with Crippen LogP contribution >= 0.6 is 0 Å². The van der Waals surface area contributed by atoms with Gasteiger partial charge in [-0.2, -0.15) is 0 Å². The normalized spacial score (nSPS) is 42.3. The molecule has 4 bridgehead atoms. The Morgan fingerprint density at radius 1 is 1.30 bits per heavy atom. The first-order chi connectivity index (χ1) is 9.62. The summed E-state index contributed by atoms with van der Waals surface area (Å²) in [6.07, 6.45) is 7.53. The summed E-state index contributed by atoms with van der Waals surface area (Å²) < 4.78 is 0. The summed E-state index contributed by atoms with van der Waals surface area (Å²) in [5.74, 6) is 1.69. The molecule has 5 rings (SSSR count). The summed E-state index contributed by atoms with van der Waals surface area (Å²) in [4.78, 5) is 25.6. The molecule has 20 heavy (non-hydrogen) atoms. The standard InChI is InChI=1S/C15H23N3O2/c19-13(9-18-3-1-2-14(18)20)17-15-7-10-4-11(8-15)6-12(5-10)16-15/h10-12,16H,1-9H2,(H,17,19)/t10-,11+,12+,15-. The lowest BCUT2D eigenvalue weighted by atomic mass is 9.62. The molecule has 3 saturated heterocycles. The molecule has 4 atom stereocenters. The van der Waals surface area contributed by atoms with Crippen LogP contribution in [0.25, 0.3) is 0 Å². The van der Waals surface area contributed by atoms with Gasteiger partial charge in [0, 0.05) is 19.0 Å². The summed E-state index contributed by atoms with van der Waals surface area (Å²) >= 11 is 0. The Hall–Kier alpha value is -1.10. The zero-order valence-corrected chi connectivity index (χ0v) is 11.9. The Morgan fingerprint density at radius 2 is 2.05 bits per heavy atom. The molecule has 5 nitrogen and oxygen atoms in total. The van der Waals surface area contributed by atoms with E-state index in [4.69, 9.17) is 0 Å². The second kappa shape index (κ2) is 4.45. The van der Waals surface area contributed by atoms with Gasteiger partial charge in [0.05, 0.1) is 12.2 Å². The minimum atomic E-state index is -0.172. The number of likely N-dealkylation sites (tertiary alicyclic amines) is 1. The average Bonchev–Trinajstić information content (AvgIpc) is 2.72. The molecule has 0 spiro atoms. The SMILES string of the molecule is O=C(CN1CCCC1=O)N[C@@]12C[C@@H]3C[C@@H](C[C@H](C3)N1)C2. The maximum absolute atomic E-state index is 12.3. The van der Waals surface area contributed by atoms with Gasteiger partial charge in [0.15, 0.2) is 0 Å². The van der Waals surface area contributed by atoms with Crippen molar-refractivity contribution < 1.29 is 9.59 Å². The molecular weight excluding hydrogens is 254 g/mol. The number of piperidine rings is 2. The molecule has 3 heterocycles. The van der Waals surface area contributed by atoms with Crippen LogP contribution in [0.15, 0.2) is 0 Å². The topological polar surface area (TPSA) is 61.4 Å². The Labute approximate surface area is 119 Å². The van der Waals surface area contributed by atoms with Crippen molar-refractivity contribution >= 4 is 11.8 Å². The fraction of sp³-hybridized carbons (Fsp3) is 0.867. The van der Waals surface area contributed by atoms with Gasteiger partial charge in [-0.25, -0.2) is 0 Å². The second-order valence-corrected chi connectivity index (χ2v) is 7.24. The first kappa shape index (κ1) is 12.6. The Morgan fingerprint density at radius 3 is 2.65 bits per heavy atom. The molecule has 3 aliphatic heterocycles. The van der Waals surface area contributed by atoms with E-state index in [2.05, 4.69) is 10.6 Å². The fourth-order valence-electron chi connectivity index (χ4n) is 5.08. The fourth-order valence-corrected chi connectivity index (χ4v) is 5.08. The van der Waals surface area contributed by atoms with Crippen molar-refractivity contribution in [1.29, 1.82) is 0 Å². The van der Waals surface area contributed by atoms with Crippen molar-refractivity contribution in [3.63, 3.8) is 0 Å². The van der Waals surface area contributed by atoms with Crippen molar-refractivity contribution in [2.45, 2.75) is 56.7 Å². The first-order valence-corrected chi connectivity index (χ1v) is 7.98. The molecule has 0 radical (unpaired) electrons. The minimum absolute atomic E-state index is 0.00898. The second-order valence-electron chi connectivity index (χ2n) is 7.24. The third-order valence-electron chi connectivity index (χ3n) is 5.54. The van der Waals surface area contributed by atoms with Gasteiger partial charge in [-0.3, -0.25) is 14.9 Å². The highest BCUT2D eigenvalue weighted by molar-refractivity contribution is 5.86. The van der Waals surface area contributed by atoms with E-state index in [0.29, 0.717) is 12.5 Å². The Bertz CT molecular complexity index is 413. The molecule has 0 aromatic rings. The summed E-state index contributed by atoms with van der Waals surface area (Å²) in [6.45, 7) is 0.975. The molecule has 0 unspecified atom stereocenters. The molecule has 0 aromatic heterocycles. The number of rotatable bonds is 3. The van der Waals surface area contributed by atoms with Crippen LogP contribution in [0.3, 0.4) is 0 Å². The van der Waals surface area contributed by atoms with Crippen LogP contribution in [0.2, 0.25) is 0 Å². The first-order valence-electron chi connectivity index (χ1n) is 7.98. The van der Waals surface area contributed by atoms with E-state index >= 15 is 0 Å². The van der Waals surface area contributed by atoms with Crippen molar-refractivity contribution in [2.24, 2.45) is 11.8 Å². The number of hydrogen-bond acceptors (Lipinski definition) is 3. The van der Waals surface area contributed by atoms with Crippen LogP contribution in [0.4, 0.5) is 0 Å². The van der Waals surface area contributed by atoms with Crippen molar-refractivity contribution in [3.8, 4) is 0 Å². The van der Waals surface area contributed by atoms with Crippen LogP contribution < -0.4 is 10.6 Å². The highest BCUT2D eigenvalue weighted by Gasteiger charge is 2.51. The highest BCUT2D eigenvalue weighted by Crippen LogP contribution is 2.48. The van der Waals surface area contributed by atoms with E-state index < -0.39 is 0 Å². The van der Waals surface area contributed by atoms with E-state index in [-0.39, 0.29) is 24.0 Å². The molecule has 110 valence electrons. The van der Waals surface area contributed by atoms with Gasteiger partial charge in [-0.15, -0.1) is 0 Å². The maximum Gasteiger partial charge on any atom is 0.241 e. The molecular formula is C15H23N3O2. The molecule has 2 saturated carbocycles. The quantitative estimate of drug-likeness (QED) is 0.794. The minimum Gasteiger partial charge on any atom is -0.336 e. The lowest BCUT2D eigenvalue weighted by Gasteiger charge is -2.57. The van der Waals surface area contributed by atoms with Gasteiger partial charge in [0.25, 0.3) is 0 Å². The van der Waals surface area contributed by atoms with Gasteiger partial charge in [-0.1, -0.05) is 0 Å². The zero-order chi connectivity index (χ0) is 13.7. The maximum atomic E-state index is 12.3. The predicted molar refractivity (Wildman–Crippen MR) is 73.7 cm³/mol. The summed E-state index contributed by atoms with van der Waals surface area (Å²) in [5, 5.41) is 6.89. The Kier molecular flexibility index (Phi) is 2.81. The Balaban J connectivity index is 1.41. The van der Waals surface area contributed by atoms with E-state index in [9.17, 15) is 9.59 Å². The van der Waals surface area contributed by atoms with Crippen LogP contribution in [-0.4, -0.2) is 41.5 Å². The zero-order valence-electron chi connectivity index (χ0n) is 11.9. The van der Waals surface area contributed by atoms with Gasteiger partial charge >= 0.3 is 0 Å². The van der Waals surface area contributed by atoms with E-state index in [1.807, 2.05) is 0 Å². The summed E-state index contributed by atoms with van der Waals surface area (Å²) in [6, 6.07) is 0.593. The largest absolute Gasteiger partial charge is 0.336 e. The average molecular weight is 277 g/mol. The number of carbonyl (C=O) groups excluding carboxylic acids is 2. The highest BCUT2D eigenvalue weighted by atomic mass is 16.2. The van der Waals surface area contributed by atoms with Gasteiger partial charge in [-0.05, 0) is 50.4 Å². The van der Waals surface area contributed by atoms with Crippen molar-refractivity contribution in [2.75, 3.05) is 13.1 Å². The van der Waals surface area contributed by atoms with E-state index in [0.717, 1.165) is 37.6 Å². The number of amides is 2.